The maximum absolute atomic E-state index is 11.9. The fraction of sp³-hybridized carbons (Fsp3) is 0.545. The second-order valence-electron chi connectivity index (χ2n) is 4.11. The molecule has 0 unspecified atom stereocenters. The molecule has 1 aromatic rings. The van der Waals surface area contributed by atoms with Crippen molar-refractivity contribution >= 4 is 33.0 Å². The molecule has 0 N–H and O–H groups in total. The molecule has 0 aliphatic heterocycles. The Morgan fingerprint density at radius 1 is 1.60 bits per heavy atom. The number of ketones is 1. The minimum absolute atomic E-state index is 0.194. The zero-order chi connectivity index (χ0) is 11.4. The summed E-state index contributed by atoms with van der Waals surface area (Å²) in [6.45, 7) is 5.76. The molecule has 0 atom stereocenters. The summed E-state index contributed by atoms with van der Waals surface area (Å²) in [6, 6.07) is 1.92. The molecule has 0 aliphatic rings. The molecule has 0 aromatic carbocycles. The Hall–Kier alpha value is -0.190. The van der Waals surface area contributed by atoms with Gasteiger partial charge in [0.2, 0.25) is 0 Å². The van der Waals surface area contributed by atoms with Crippen LogP contribution in [-0.2, 0) is 0 Å². The minimum atomic E-state index is 0.194. The molecule has 0 saturated carbocycles. The van der Waals surface area contributed by atoms with Crippen molar-refractivity contribution in [3.8, 4) is 0 Å². The third kappa shape index (κ3) is 4.05. The number of nitrogens with zero attached hydrogens (tertiary/aromatic N) is 1. The SMILES string of the molecule is CC(C)CN(C)CC(=O)c1sccc1Br. The highest BCUT2D eigenvalue weighted by Crippen LogP contribution is 2.23. The van der Waals surface area contributed by atoms with E-state index in [-0.39, 0.29) is 5.78 Å². The molecule has 0 spiro atoms. The van der Waals surface area contributed by atoms with Gasteiger partial charge in [-0.05, 0) is 40.3 Å². The van der Waals surface area contributed by atoms with E-state index < -0.39 is 0 Å². The van der Waals surface area contributed by atoms with Gasteiger partial charge in [0, 0.05) is 11.0 Å². The summed E-state index contributed by atoms with van der Waals surface area (Å²) < 4.78 is 0.912. The molecule has 1 heterocycles. The Morgan fingerprint density at radius 2 is 2.27 bits per heavy atom. The van der Waals surface area contributed by atoms with Crippen LogP contribution in [0.4, 0.5) is 0 Å². The summed E-state index contributed by atoms with van der Waals surface area (Å²) in [5, 5.41) is 1.93. The van der Waals surface area contributed by atoms with Crippen LogP contribution in [-0.4, -0.2) is 30.8 Å². The highest BCUT2D eigenvalue weighted by Gasteiger charge is 2.14. The lowest BCUT2D eigenvalue weighted by Gasteiger charge is -2.17. The second-order valence-corrected chi connectivity index (χ2v) is 5.88. The summed E-state index contributed by atoms with van der Waals surface area (Å²) in [4.78, 5) is 14.8. The van der Waals surface area contributed by atoms with E-state index in [1.807, 2.05) is 18.5 Å². The molecule has 15 heavy (non-hydrogen) atoms. The average Bonchev–Trinajstić information content (AvgIpc) is 2.49. The molecule has 0 bridgehead atoms. The van der Waals surface area contributed by atoms with Gasteiger partial charge in [-0.15, -0.1) is 11.3 Å². The van der Waals surface area contributed by atoms with Crippen molar-refractivity contribution in [1.82, 2.24) is 4.90 Å². The summed E-state index contributed by atoms with van der Waals surface area (Å²) in [7, 11) is 1.99. The predicted molar refractivity (Wildman–Crippen MR) is 68.7 cm³/mol. The van der Waals surface area contributed by atoms with Crippen molar-refractivity contribution in [2.75, 3.05) is 20.1 Å². The smallest absolute Gasteiger partial charge is 0.187 e. The fourth-order valence-electron chi connectivity index (χ4n) is 1.50. The summed E-state index contributed by atoms with van der Waals surface area (Å²) in [6.07, 6.45) is 0. The number of hydrogen-bond acceptors (Lipinski definition) is 3. The summed E-state index contributed by atoms with van der Waals surface area (Å²) >= 11 is 4.87. The van der Waals surface area contributed by atoms with Gasteiger partial charge in [-0.25, -0.2) is 0 Å². The normalized spacial score (nSPS) is 11.3. The third-order valence-corrected chi connectivity index (χ3v) is 3.84. The first-order valence-corrected chi connectivity index (χ1v) is 6.62. The van der Waals surface area contributed by atoms with Gasteiger partial charge in [0.1, 0.15) is 0 Å². The van der Waals surface area contributed by atoms with Gasteiger partial charge in [-0.2, -0.15) is 0 Å². The van der Waals surface area contributed by atoms with Crippen LogP contribution in [0.1, 0.15) is 23.5 Å². The van der Waals surface area contributed by atoms with E-state index in [0.29, 0.717) is 12.5 Å². The standard InChI is InChI=1S/C11H16BrNOS/c1-8(2)6-13(3)7-10(14)11-9(12)4-5-15-11/h4-5,8H,6-7H2,1-3H3. The molecule has 4 heteroatoms. The molecule has 0 fully saturated rings. The van der Waals surface area contributed by atoms with Gasteiger partial charge in [0.05, 0.1) is 11.4 Å². The van der Waals surface area contributed by atoms with E-state index in [4.69, 9.17) is 0 Å². The maximum Gasteiger partial charge on any atom is 0.187 e. The topological polar surface area (TPSA) is 20.3 Å². The summed E-state index contributed by atoms with van der Waals surface area (Å²) in [5.74, 6) is 0.787. The molecular weight excluding hydrogens is 274 g/mol. The van der Waals surface area contributed by atoms with Crippen molar-refractivity contribution in [3.05, 3.63) is 20.8 Å². The third-order valence-electron chi connectivity index (χ3n) is 1.96. The van der Waals surface area contributed by atoms with Crippen LogP contribution in [0.25, 0.3) is 0 Å². The van der Waals surface area contributed by atoms with E-state index in [9.17, 15) is 4.79 Å². The minimum Gasteiger partial charge on any atom is -0.299 e. The molecule has 1 aromatic heterocycles. The molecule has 0 amide bonds. The molecular formula is C11H16BrNOS. The molecule has 1 rings (SSSR count). The number of thiophene rings is 1. The van der Waals surface area contributed by atoms with E-state index in [0.717, 1.165) is 15.9 Å². The van der Waals surface area contributed by atoms with Gasteiger partial charge in [-0.3, -0.25) is 9.69 Å². The second kappa shape index (κ2) is 5.77. The van der Waals surface area contributed by atoms with Crippen molar-refractivity contribution in [3.63, 3.8) is 0 Å². The number of halogens is 1. The van der Waals surface area contributed by atoms with E-state index >= 15 is 0 Å². The van der Waals surface area contributed by atoms with Crippen molar-refractivity contribution < 1.29 is 4.79 Å². The Kier molecular flexibility index (Phi) is 4.96. The number of carbonyl (C=O) groups is 1. The largest absolute Gasteiger partial charge is 0.299 e. The Bertz CT molecular complexity index is 335. The highest BCUT2D eigenvalue weighted by atomic mass is 79.9. The van der Waals surface area contributed by atoms with Gasteiger partial charge in [0.15, 0.2) is 5.78 Å². The quantitative estimate of drug-likeness (QED) is 0.776. The molecule has 2 nitrogen and oxygen atoms in total. The Balaban J connectivity index is 2.53. The van der Waals surface area contributed by atoms with Crippen molar-refractivity contribution in [2.45, 2.75) is 13.8 Å². The number of carbonyl (C=O) groups excluding carboxylic acids is 1. The molecule has 0 radical (unpaired) electrons. The first kappa shape index (κ1) is 12.9. The fourth-order valence-corrected chi connectivity index (χ4v) is 3.02. The van der Waals surface area contributed by atoms with Gasteiger partial charge in [0.25, 0.3) is 0 Å². The van der Waals surface area contributed by atoms with Crippen LogP contribution in [0, 0.1) is 5.92 Å². The number of likely N-dealkylation sites (N-methyl/N-ethyl adjacent to an activating group) is 1. The first-order chi connectivity index (χ1) is 7.00. The highest BCUT2D eigenvalue weighted by molar-refractivity contribution is 9.10. The number of Topliss-reactive ketones (excluding diaryl/α,β-unsaturated/α-hetero) is 1. The van der Waals surface area contributed by atoms with Gasteiger partial charge < -0.3 is 0 Å². The van der Waals surface area contributed by atoms with Crippen LogP contribution in [0.15, 0.2) is 15.9 Å². The first-order valence-electron chi connectivity index (χ1n) is 4.95. The van der Waals surface area contributed by atoms with Crippen LogP contribution in [0.5, 0.6) is 0 Å². The van der Waals surface area contributed by atoms with E-state index in [1.54, 1.807) is 0 Å². The van der Waals surface area contributed by atoms with Gasteiger partial charge >= 0.3 is 0 Å². The Labute approximate surface area is 103 Å². The van der Waals surface area contributed by atoms with E-state index in [1.165, 1.54) is 11.3 Å². The number of hydrogen-bond donors (Lipinski definition) is 0. The Morgan fingerprint density at radius 3 is 2.73 bits per heavy atom. The lowest BCUT2D eigenvalue weighted by atomic mass is 10.2. The lowest BCUT2D eigenvalue weighted by molar-refractivity contribution is 0.0944. The lowest BCUT2D eigenvalue weighted by Crippen LogP contribution is -2.29. The zero-order valence-corrected chi connectivity index (χ0v) is 11.7. The van der Waals surface area contributed by atoms with Crippen molar-refractivity contribution in [2.24, 2.45) is 5.92 Å². The van der Waals surface area contributed by atoms with Crippen LogP contribution >= 0.6 is 27.3 Å². The van der Waals surface area contributed by atoms with Crippen LogP contribution in [0.2, 0.25) is 0 Å². The average molecular weight is 290 g/mol. The molecule has 84 valence electrons. The zero-order valence-electron chi connectivity index (χ0n) is 9.29. The maximum atomic E-state index is 11.9. The summed E-state index contributed by atoms with van der Waals surface area (Å²) in [5.41, 5.74) is 0. The molecule has 0 aliphatic carbocycles. The molecule has 0 saturated heterocycles. The van der Waals surface area contributed by atoms with Crippen molar-refractivity contribution in [1.29, 1.82) is 0 Å². The van der Waals surface area contributed by atoms with Crippen LogP contribution < -0.4 is 0 Å². The van der Waals surface area contributed by atoms with E-state index in [2.05, 4.69) is 34.7 Å². The predicted octanol–water partition coefficient (Wildman–Crippen LogP) is 3.28. The van der Waals surface area contributed by atoms with Gasteiger partial charge in [-0.1, -0.05) is 13.8 Å². The monoisotopic (exact) mass is 289 g/mol. The number of rotatable bonds is 5. The van der Waals surface area contributed by atoms with Crippen LogP contribution in [0.3, 0.4) is 0 Å².